The summed E-state index contributed by atoms with van der Waals surface area (Å²) in [6.07, 6.45) is 5.04. The number of rotatable bonds is 12. The molecule has 3 heterocycles. The van der Waals surface area contributed by atoms with Crippen molar-refractivity contribution >= 4 is 44.2 Å². The van der Waals surface area contributed by atoms with Gasteiger partial charge in [0.2, 0.25) is 5.88 Å². The molecule has 1 saturated carbocycles. The summed E-state index contributed by atoms with van der Waals surface area (Å²) in [5.74, 6) is 0.617. The van der Waals surface area contributed by atoms with E-state index in [0.29, 0.717) is 44.9 Å². The zero-order chi connectivity index (χ0) is 27.2. The van der Waals surface area contributed by atoms with E-state index >= 15 is 0 Å². The van der Waals surface area contributed by atoms with E-state index in [1.807, 2.05) is 19.0 Å². The summed E-state index contributed by atoms with van der Waals surface area (Å²) in [5.41, 5.74) is 1.76. The van der Waals surface area contributed by atoms with Crippen molar-refractivity contribution in [2.24, 2.45) is 11.1 Å². The van der Waals surface area contributed by atoms with Crippen LogP contribution in [0.3, 0.4) is 0 Å². The van der Waals surface area contributed by atoms with Gasteiger partial charge in [-0.1, -0.05) is 40.8 Å². The topological polar surface area (TPSA) is 132 Å². The van der Waals surface area contributed by atoms with Crippen molar-refractivity contribution in [1.82, 2.24) is 24.8 Å². The predicted molar refractivity (Wildman–Crippen MR) is 147 cm³/mol. The van der Waals surface area contributed by atoms with Gasteiger partial charge < -0.3 is 14.5 Å². The maximum absolute atomic E-state index is 13.3. The first-order valence-corrected chi connectivity index (χ1v) is 13.2. The third-order valence-corrected chi connectivity index (χ3v) is 6.69. The standard InChI is InChI=1S/C27H27N7O4S/c1-34(2)14-15-37-22-11-10-20-26(31-22)39-27(30-20)32-25(36)23(33-38-16-21-28-12-3-13-29-21)17-4-6-18(7-5-17)24(35)19-8-9-19/h3-7,10-13,19H,8-9,14-16H2,1-2H3,(H,30,32,36)/b33-23+. The molecule has 39 heavy (non-hydrogen) atoms. The summed E-state index contributed by atoms with van der Waals surface area (Å²) in [5, 5.41) is 7.25. The van der Waals surface area contributed by atoms with Crippen LogP contribution in [0.4, 0.5) is 5.13 Å². The Morgan fingerprint density at radius 2 is 1.79 bits per heavy atom. The Morgan fingerprint density at radius 3 is 2.51 bits per heavy atom. The molecule has 0 spiro atoms. The van der Waals surface area contributed by atoms with Crippen LogP contribution in [-0.2, 0) is 16.2 Å². The van der Waals surface area contributed by atoms with Gasteiger partial charge in [-0.05, 0) is 39.1 Å². The molecule has 1 N–H and O–H groups in total. The average Bonchev–Trinajstić information content (AvgIpc) is 3.71. The number of carbonyl (C=O) groups is 2. The third-order valence-electron chi connectivity index (χ3n) is 5.81. The zero-order valence-electron chi connectivity index (χ0n) is 21.5. The second-order valence-corrected chi connectivity index (χ2v) is 10.2. The zero-order valence-corrected chi connectivity index (χ0v) is 22.4. The molecule has 4 aromatic rings. The number of oxime groups is 1. The van der Waals surface area contributed by atoms with E-state index in [2.05, 4.69) is 30.4 Å². The first kappa shape index (κ1) is 26.3. The van der Waals surface area contributed by atoms with Crippen LogP contribution in [0.2, 0.25) is 0 Å². The summed E-state index contributed by atoms with van der Waals surface area (Å²) in [4.78, 5) is 51.0. The smallest absolute Gasteiger partial charge is 0.280 e. The van der Waals surface area contributed by atoms with Crippen LogP contribution >= 0.6 is 11.3 Å². The fourth-order valence-corrected chi connectivity index (χ4v) is 4.41. The highest BCUT2D eigenvalue weighted by molar-refractivity contribution is 7.22. The molecule has 1 aromatic carbocycles. The van der Waals surface area contributed by atoms with Crippen LogP contribution in [0.25, 0.3) is 10.3 Å². The van der Waals surface area contributed by atoms with E-state index in [1.54, 1.807) is 54.9 Å². The number of Topliss-reactive ketones (excluding diaryl/α,β-unsaturated/α-hetero) is 1. The molecule has 0 bridgehead atoms. The molecule has 0 atom stereocenters. The van der Waals surface area contributed by atoms with E-state index < -0.39 is 5.91 Å². The highest BCUT2D eigenvalue weighted by Gasteiger charge is 2.30. The second kappa shape index (κ2) is 12.0. The fraction of sp³-hybridized carbons (Fsp3) is 0.296. The quantitative estimate of drug-likeness (QED) is 0.161. The molecule has 0 saturated heterocycles. The van der Waals surface area contributed by atoms with Gasteiger partial charge in [0, 0.05) is 42.0 Å². The number of benzene rings is 1. The summed E-state index contributed by atoms with van der Waals surface area (Å²) >= 11 is 1.22. The summed E-state index contributed by atoms with van der Waals surface area (Å²) < 4.78 is 5.71. The number of aromatic nitrogens is 4. The van der Waals surface area contributed by atoms with Crippen LogP contribution in [-0.4, -0.2) is 69.5 Å². The first-order valence-electron chi connectivity index (χ1n) is 12.4. The molecular formula is C27H27N7O4S. The lowest BCUT2D eigenvalue weighted by Gasteiger charge is -2.09. The van der Waals surface area contributed by atoms with Gasteiger partial charge in [-0.25, -0.2) is 19.9 Å². The number of ketones is 1. The predicted octanol–water partition coefficient (Wildman–Crippen LogP) is 3.57. The monoisotopic (exact) mass is 545 g/mol. The molecular weight excluding hydrogens is 518 g/mol. The number of anilines is 1. The summed E-state index contributed by atoms with van der Waals surface area (Å²) in [6.45, 7) is 1.25. The van der Waals surface area contributed by atoms with Crippen molar-refractivity contribution in [3.8, 4) is 5.88 Å². The normalized spacial score (nSPS) is 13.5. The van der Waals surface area contributed by atoms with E-state index in [1.165, 1.54) is 11.3 Å². The largest absolute Gasteiger partial charge is 0.476 e. The highest BCUT2D eigenvalue weighted by atomic mass is 32.1. The number of carbonyl (C=O) groups excluding carboxylic acids is 2. The Kier molecular flexibility index (Phi) is 8.13. The molecule has 0 aliphatic heterocycles. The van der Waals surface area contributed by atoms with Gasteiger partial charge in [0.25, 0.3) is 5.91 Å². The number of amides is 1. The van der Waals surface area contributed by atoms with Gasteiger partial charge in [-0.3, -0.25) is 14.9 Å². The number of pyridine rings is 1. The van der Waals surface area contributed by atoms with Crippen LogP contribution < -0.4 is 10.1 Å². The number of nitrogens with zero attached hydrogens (tertiary/aromatic N) is 6. The number of hydrogen-bond donors (Lipinski definition) is 1. The van der Waals surface area contributed by atoms with Crippen molar-refractivity contribution < 1.29 is 19.2 Å². The number of thiazole rings is 1. The number of hydrogen-bond acceptors (Lipinski definition) is 11. The molecule has 5 rings (SSSR count). The van der Waals surface area contributed by atoms with E-state index in [9.17, 15) is 9.59 Å². The highest BCUT2D eigenvalue weighted by Crippen LogP contribution is 2.32. The van der Waals surface area contributed by atoms with Gasteiger partial charge >= 0.3 is 0 Å². The fourth-order valence-electron chi connectivity index (χ4n) is 3.58. The van der Waals surface area contributed by atoms with Crippen LogP contribution in [0.5, 0.6) is 5.88 Å². The second-order valence-electron chi connectivity index (χ2n) is 9.19. The molecule has 3 aromatic heterocycles. The Bertz CT molecular complexity index is 1490. The van der Waals surface area contributed by atoms with Gasteiger partial charge in [0.15, 0.2) is 29.1 Å². The maximum Gasteiger partial charge on any atom is 0.280 e. The Labute approximate surface area is 228 Å². The van der Waals surface area contributed by atoms with Crippen LogP contribution in [0.15, 0.2) is 60.0 Å². The van der Waals surface area contributed by atoms with Crippen molar-refractivity contribution in [2.75, 3.05) is 32.6 Å². The van der Waals surface area contributed by atoms with E-state index in [0.717, 1.165) is 19.4 Å². The van der Waals surface area contributed by atoms with Crippen molar-refractivity contribution in [2.45, 2.75) is 19.4 Å². The number of likely N-dealkylation sites (N-methyl/N-ethyl adjacent to an activating group) is 1. The Hall–Kier alpha value is -4.29. The summed E-state index contributed by atoms with van der Waals surface area (Å²) in [7, 11) is 3.94. The molecule has 1 fully saturated rings. The lowest BCUT2D eigenvalue weighted by molar-refractivity contribution is -0.110. The van der Waals surface area contributed by atoms with Crippen LogP contribution in [0, 0.1) is 5.92 Å². The lowest BCUT2D eigenvalue weighted by Crippen LogP contribution is -2.24. The molecule has 12 heteroatoms. The van der Waals surface area contributed by atoms with E-state index in [4.69, 9.17) is 9.57 Å². The summed E-state index contributed by atoms with van der Waals surface area (Å²) in [6, 6.07) is 12.0. The Morgan fingerprint density at radius 1 is 1.05 bits per heavy atom. The van der Waals surface area contributed by atoms with Gasteiger partial charge in [0.1, 0.15) is 17.0 Å². The maximum atomic E-state index is 13.3. The van der Waals surface area contributed by atoms with Gasteiger partial charge in [-0.15, -0.1) is 0 Å². The molecule has 0 radical (unpaired) electrons. The number of nitrogens with one attached hydrogen (secondary N) is 1. The average molecular weight is 546 g/mol. The minimum Gasteiger partial charge on any atom is -0.476 e. The van der Waals surface area contributed by atoms with Crippen molar-refractivity contribution in [3.05, 3.63) is 71.8 Å². The van der Waals surface area contributed by atoms with Crippen molar-refractivity contribution in [3.63, 3.8) is 0 Å². The van der Waals surface area contributed by atoms with Gasteiger partial charge in [0.05, 0.1) is 0 Å². The third kappa shape index (κ3) is 6.98. The molecule has 0 unspecified atom stereocenters. The SMILES string of the molecule is CN(C)CCOc1ccc2nc(NC(=O)/C(=N/OCc3ncccn3)c3ccc(C(=O)C4CC4)cc3)sc2n1. The first-order chi connectivity index (χ1) is 19.0. The molecule has 200 valence electrons. The molecule has 11 nitrogen and oxygen atoms in total. The van der Waals surface area contributed by atoms with Crippen molar-refractivity contribution in [1.29, 1.82) is 0 Å². The Balaban J connectivity index is 1.33. The molecule has 1 amide bonds. The lowest BCUT2D eigenvalue weighted by atomic mass is 10.0. The number of fused-ring (bicyclic) bond motifs is 1. The molecule has 1 aliphatic carbocycles. The minimum atomic E-state index is -0.522. The number of ether oxygens (including phenoxy) is 1. The van der Waals surface area contributed by atoms with Gasteiger partial charge in [-0.2, -0.15) is 0 Å². The minimum absolute atomic E-state index is 0.0163. The van der Waals surface area contributed by atoms with Crippen LogP contribution in [0.1, 0.15) is 34.6 Å². The molecule has 1 aliphatic rings. The van der Waals surface area contributed by atoms with E-state index in [-0.39, 0.29) is 24.0 Å².